The van der Waals surface area contributed by atoms with Crippen LogP contribution in [0.1, 0.15) is 25.1 Å². The number of fused-ring (bicyclic) bond motifs is 2. The molecule has 0 radical (unpaired) electrons. The number of aromatic nitrogens is 3. The summed E-state index contributed by atoms with van der Waals surface area (Å²) in [7, 11) is 2.02. The minimum atomic E-state index is 0.271. The van der Waals surface area contributed by atoms with Crippen molar-refractivity contribution in [3.05, 3.63) is 53.7 Å². The first-order valence-corrected chi connectivity index (χ1v) is 9.01. The van der Waals surface area contributed by atoms with Crippen molar-refractivity contribution in [1.29, 1.82) is 5.26 Å². The van der Waals surface area contributed by atoms with Gasteiger partial charge in [-0.3, -0.25) is 0 Å². The Hall–Kier alpha value is -3.39. The smallest absolute Gasteiger partial charge is 0.155 e. The Morgan fingerprint density at radius 1 is 1.04 bits per heavy atom. The van der Waals surface area contributed by atoms with Crippen molar-refractivity contribution in [2.75, 3.05) is 11.9 Å². The summed E-state index contributed by atoms with van der Waals surface area (Å²) in [4.78, 5) is 15.3. The molecule has 0 saturated heterocycles. The van der Waals surface area contributed by atoms with Crippen LogP contribution in [0, 0.1) is 18.3 Å². The van der Waals surface area contributed by atoms with E-state index in [0.29, 0.717) is 5.56 Å². The van der Waals surface area contributed by atoms with Crippen molar-refractivity contribution < 1.29 is 0 Å². The standard InChI is InChI=1S/C22H21N5/c1-13(2)27(4)22-21(16-6-8-18-17(11-16)9-14(3)24-18)25-19-7-5-15(12-23)10-20(19)26-22/h5-11,13,24H,1-4H3. The molecule has 0 amide bonds. The summed E-state index contributed by atoms with van der Waals surface area (Å²) in [6, 6.07) is 16.3. The first-order valence-electron chi connectivity index (χ1n) is 9.01. The van der Waals surface area contributed by atoms with Crippen molar-refractivity contribution in [2.45, 2.75) is 26.8 Å². The molecule has 4 rings (SSSR count). The van der Waals surface area contributed by atoms with Crippen LogP contribution in [0.4, 0.5) is 5.82 Å². The van der Waals surface area contributed by atoms with Crippen molar-refractivity contribution >= 4 is 27.8 Å². The second kappa shape index (κ2) is 6.40. The van der Waals surface area contributed by atoms with E-state index in [1.54, 1.807) is 12.1 Å². The van der Waals surface area contributed by atoms with E-state index in [9.17, 15) is 5.26 Å². The topological polar surface area (TPSA) is 68.6 Å². The Balaban J connectivity index is 1.98. The monoisotopic (exact) mass is 355 g/mol. The van der Waals surface area contributed by atoms with Gasteiger partial charge in [0.25, 0.3) is 0 Å². The number of aromatic amines is 1. The van der Waals surface area contributed by atoms with Crippen LogP contribution in [-0.2, 0) is 0 Å². The number of benzene rings is 2. The molecule has 0 bridgehead atoms. The highest BCUT2D eigenvalue weighted by atomic mass is 15.2. The molecule has 0 fully saturated rings. The number of anilines is 1. The number of rotatable bonds is 3. The molecule has 0 aliphatic heterocycles. The SMILES string of the molecule is Cc1cc2cc(-c3nc4ccc(C#N)cc4nc3N(C)C(C)C)ccc2[nH]1. The molecule has 0 aliphatic carbocycles. The van der Waals surface area contributed by atoms with Gasteiger partial charge in [-0.15, -0.1) is 0 Å². The van der Waals surface area contributed by atoms with E-state index >= 15 is 0 Å². The van der Waals surface area contributed by atoms with E-state index in [1.165, 1.54) is 0 Å². The quantitative estimate of drug-likeness (QED) is 0.573. The lowest BCUT2D eigenvalue weighted by Crippen LogP contribution is -2.27. The van der Waals surface area contributed by atoms with Gasteiger partial charge in [-0.25, -0.2) is 9.97 Å². The highest BCUT2D eigenvalue weighted by molar-refractivity contribution is 5.89. The molecule has 5 nitrogen and oxygen atoms in total. The van der Waals surface area contributed by atoms with Gasteiger partial charge in [-0.05, 0) is 57.2 Å². The van der Waals surface area contributed by atoms with Gasteiger partial charge in [0.1, 0.15) is 5.69 Å². The molecular formula is C22H21N5. The predicted octanol–water partition coefficient (Wildman–Crippen LogP) is 4.80. The van der Waals surface area contributed by atoms with E-state index in [2.05, 4.69) is 61.0 Å². The van der Waals surface area contributed by atoms with Crippen LogP contribution in [0.2, 0.25) is 0 Å². The predicted molar refractivity (Wildman–Crippen MR) is 110 cm³/mol. The Morgan fingerprint density at radius 2 is 1.85 bits per heavy atom. The zero-order valence-corrected chi connectivity index (χ0v) is 15.9. The zero-order chi connectivity index (χ0) is 19.1. The highest BCUT2D eigenvalue weighted by Crippen LogP contribution is 2.32. The van der Waals surface area contributed by atoms with Crippen LogP contribution in [0.3, 0.4) is 0 Å². The maximum absolute atomic E-state index is 9.19. The largest absolute Gasteiger partial charge is 0.359 e. The fraction of sp³-hybridized carbons (Fsp3) is 0.227. The molecule has 4 aromatic rings. The lowest BCUT2D eigenvalue weighted by Gasteiger charge is -2.25. The summed E-state index contributed by atoms with van der Waals surface area (Å²) < 4.78 is 0. The molecular weight excluding hydrogens is 334 g/mol. The molecule has 0 atom stereocenters. The van der Waals surface area contributed by atoms with Crippen LogP contribution in [0.5, 0.6) is 0 Å². The molecule has 0 aliphatic rings. The zero-order valence-electron chi connectivity index (χ0n) is 15.9. The fourth-order valence-electron chi connectivity index (χ4n) is 3.22. The minimum absolute atomic E-state index is 0.271. The fourth-order valence-corrected chi connectivity index (χ4v) is 3.22. The van der Waals surface area contributed by atoms with E-state index in [4.69, 9.17) is 9.97 Å². The lowest BCUT2D eigenvalue weighted by atomic mass is 10.1. The second-order valence-corrected chi connectivity index (χ2v) is 7.17. The Bertz CT molecular complexity index is 1200. The molecule has 1 N–H and O–H groups in total. The molecule has 5 heteroatoms. The van der Waals surface area contributed by atoms with Gasteiger partial charge in [0, 0.05) is 35.2 Å². The van der Waals surface area contributed by atoms with Gasteiger partial charge < -0.3 is 9.88 Å². The average Bonchev–Trinajstić information content (AvgIpc) is 3.04. The normalized spacial score (nSPS) is 11.3. The number of nitrogens with zero attached hydrogens (tertiary/aromatic N) is 4. The third-order valence-electron chi connectivity index (χ3n) is 4.91. The van der Waals surface area contributed by atoms with Crippen LogP contribution in [0.15, 0.2) is 42.5 Å². The number of nitriles is 1. The lowest BCUT2D eigenvalue weighted by molar-refractivity contribution is 0.744. The summed E-state index contributed by atoms with van der Waals surface area (Å²) in [5.41, 5.74) is 6.24. The minimum Gasteiger partial charge on any atom is -0.359 e. The molecule has 134 valence electrons. The first-order chi connectivity index (χ1) is 13.0. The van der Waals surface area contributed by atoms with E-state index in [-0.39, 0.29) is 6.04 Å². The average molecular weight is 355 g/mol. The summed E-state index contributed by atoms with van der Waals surface area (Å²) in [6.45, 7) is 6.31. The molecule has 0 spiro atoms. The van der Waals surface area contributed by atoms with Crippen molar-refractivity contribution in [2.24, 2.45) is 0 Å². The van der Waals surface area contributed by atoms with Crippen molar-refractivity contribution in [3.8, 4) is 17.3 Å². The molecule has 0 saturated carbocycles. The second-order valence-electron chi connectivity index (χ2n) is 7.17. The highest BCUT2D eigenvalue weighted by Gasteiger charge is 2.17. The molecule has 2 heterocycles. The number of hydrogen-bond donors (Lipinski definition) is 1. The van der Waals surface area contributed by atoms with Gasteiger partial charge >= 0.3 is 0 Å². The van der Waals surface area contributed by atoms with Crippen LogP contribution < -0.4 is 4.90 Å². The number of H-pyrrole nitrogens is 1. The third-order valence-corrected chi connectivity index (χ3v) is 4.91. The third kappa shape index (κ3) is 3.00. The molecule has 2 aromatic carbocycles. The van der Waals surface area contributed by atoms with Gasteiger partial charge in [-0.2, -0.15) is 5.26 Å². The number of nitrogens with one attached hydrogen (secondary N) is 1. The van der Waals surface area contributed by atoms with Gasteiger partial charge in [0.05, 0.1) is 22.7 Å². The molecule has 2 aromatic heterocycles. The van der Waals surface area contributed by atoms with Gasteiger partial charge in [-0.1, -0.05) is 6.07 Å². The summed E-state index contributed by atoms with van der Waals surface area (Å²) in [5, 5.41) is 10.3. The Labute approximate surface area is 158 Å². The van der Waals surface area contributed by atoms with E-state index in [1.807, 2.05) is 13.1 Å². The van der Waals surface area contributed by atoms with Crippen LogP contribution in [-0.4, -0.2) is 28.0 Å². The van der Waals surface area contributed by atoms with Crippen LogP contribution in [0.25, 0.3) is 33.2 Å². The summed E-state index contributed by atoms with van der Waals surface area (Å²) >= 11 is 0. The van der Waals surface area contributed by atoms with E-state index in [0.717, 1.165) is 44.7 Å². The maximum atomic E-state index is 9.19. The van der Waals surface area contributed by atoms with Crippen LogP contribution >= 0.6 is 0 Å². The Kier molecular flexibility index (Phi) is 4.04. The number of aryl methyl sites for hydroxylation is 1. The number of hydrogen-bond acceptors (Lipinski definition) is 4. The first kappa shape index (κ1) is 17.0. The summed E-state index contributed by atoms with van der Waals surface area (Å²) in [5.74, 6) is 0.819. The Morgan fingerprint density at radius 3 is 2.59 bits per heavy atom. The maximum Gasteiger partial charge on any atom is 0.155 e. The summed E-state index contributed by atoms with van der Waals surface area (Å²) in [6.07, 6.45) is 0. The molecule has 0 unspecified atom stereocenters. The van der Waals surface area contributed by atoms with E-state index < -0.39 is 0 Å². The van der Waals surface area contributed by atoms with Gasteiger partial charge in [0.15, 0.2) is 5.82 Å². The van der Waals surface area contributed by atoms with Gasteiger partial charge in [0.2, 0.25) is 0 Å². The van der Waals surface area contributed by atoms with Crippen molar-refractivity contribution in [1.82, 2.24) is 15.0 Å². The van der Waals surface area contributed by atoms with Crippen molar-refractivity contribution in [3.63, 3.8) is 0 Å². The molecule has 27 heavy (non-hydrogen) atoms.